The molecule has 0 aromatic heterocycles. The zero-order chi connectivity index (χ0) is 12.4. The van der Waals surface area contributed by atoms with Gasteiger partial charge < -0.3 is 4.90 Å². The molecular weight excluding hydrogens is 198 g/mol. The second-order valence-corrected chi connectivity index (χ2v) is 4.49. The molecule has 0 heterocycles. The molecule has 0 radical (unpaired) electrons. The fourth-order valence-corrected chi connectivity index (χ4v) is 2.09. The zero-order valence-electron chi connectivity index (χ0n) is 11.6. The molecule has 0 bridgehead atoms. The largest absolute Gasteiger partial charge is 0.343 e. The Balaban J connectivity index is 4.28. The molecule has 16 heavy (non-hydrogen) atoms. The van der Waals surface area contributed by atoms with Crippen LogP contribution in [-0.2, 0) is 4.79 Å². The molecule has 0 unspecified atom stereocenters. The standard InChI is InChI=1S/C14H29NO/c1-5-9-11-13(12-10-6-2)14(16)15(7-3)8-4/h13H,5-12H2,1-4H3. The van der Waals surface area contributed by atoms with Crippen LogP contribution in [0, 0.1) is 5.92 Å². The van der Waals surface area contributed by atoms with Crippen LogP contribution < -0.4 is 0 Å². The number of unbranched alkanes of at least 4 members (excludes halogenated alkanes) is 2. The highest BCUT2D eigenvalue weighted by molar-refractivity contribution is 5.78. The molecule has 0 N–H and O–H groups in total. The molecule has 2 heteroatoms. The fraction of sp³-hybridized carbons (Fsp3) is 0.929. The van der Waals surface area contributed by atoms with Gasteiger partial charge >= 0.3 is 0 Å². The Hall–Kier alpha value is -0.530. The predicted octanol–water partition coefficient (Wildman–Crippen LogP) is 3.85. The minimum atomic E-state index is 0.278. The van der Waals surface area contributed by atoms with E-state index in [0.29, 0.717) is 5.91 Å². The summed E-state index contributed by atoms with van der Waals surface area (Å²) in [4.78, 5) is 14.2. The topological polar surface area (TPSA) is 20.3 Å². The first kappa shape index (κ1) is 15.5. The van der Waals surface area contributed by atoms with Crippen molar-refractivity contribution in [3.8, 4) is 0 Å². The third-order valence-electron chi connectivity index (χ3n) is 3.24. The van der Waals surface area contributed by atoms with Gasteiger partial charge in [0.25, 0.3) is 0 Å². The Morgan fingerprint density at radius 2 is 1.38 bits per heavy atom. The van der Waals surface area contributed by atoms with Crippen molar-refractivity contribution in [2.75, 3.05) is 13.1 Å². The van der Waals surface area contributed by atoms with E-state index in [1.54, 1.807) is 0 Å². The van der Waals surface area contributed by atoms with Crippen LogP contribution in [0.4, 0.5) is 0 Å². The highest BCUT2D eigenvalue weighted by atomic mass is 16.2. The van der Waals surface area contributed by atoms with Crippen LogP contribution in [-0.4, -0.2) is 23.9 Å². The van der Waals surface area contributed by atoms with E-state index in [1.165, 1.54) is 25.7 Å². The summed E-state index contributed by atoms with van der Waals surface area (Å²) in [5.41, 5.74) is 0. The van der Waals surface area contributed by atoms with Crippen molar-refractivity contribution in [3.63, 3.8) is 0 Å². The van der Waals surface area contributed by atoms with Gasteiger partial charge in [0.15, 0.2) is 0 Å². The van der Waals surface area contributed by atoms with E-state index in [4.69, 9.17) is 0 Å². The van der Waals surface area contributed by atoms with E-state index in [1.807, 2.05) is 4.90 Å². The highest BCUT2D eigenvalue weighted by Gasteiger charge is 2.21. The van der Waals surface area contributed by atoms with Gasteiger partial charge in [-0.3, -0.25) is 4.79 Å². The first-order valence-corrected chi connectivity index (χ1v) is 6.99. The SMILES string of the molecule is CCCCC(CCCC)C(=O)N(CC)CC. The fourth-order valence-electron chi connectivity index (χ4n) is 2.09. The van der Waals surface area contributed by atoms with Crippen LogP contribution in [0.3, 0.4) is 0 Å². The van der Waals surface area contributed by atoms with Crippen LogP contribution in [0.15, 0.2) is 0 Å². The number of rotatable bonds is 9. The average Bonchev–Trinajstić information content (AvgIpc) is 2.30. The van der Waals surface area contributed by atoms with Gasteiger partial charge in [0, 0.05) is 19.0 Å². The number of carbonyl (C=O) groups is 1. The molecule has 0 rings (SSSR count). The molecule has 0 spiro atoms. The van der Waals surface area contributed by atoms with Gasteiger partial charge in [0.05, 0.1) is 0 Å². The van der Waals surface area contributed by atoms with Crippen molar-refractivity contribution >= 4 is 5.91 Å². The van der Waals surface area contributed by atoms with E-state index in [0.717, 1.165) is 25.9 Å². The van der Waals surface area contributed by atoms with Gasteiger partial charge in [-0.25, -0.2) is 0 Å². The molecule has 0 aliphatic carbocycles. The first-order chi connectivity index (χ1) is 7.71. The Kier molecular flexibility index (Phi) is 9.36. The molecule has 0 aromatic rings. The third kappa shape index (κ3) is 5.53. The number of carbonyl (C=O) groups excluding carboxylic acids is 1. The van der Waals surface area contributed by atoms with E-state index in [-0.39, 0.29) is 5.92 Å². The summed E-state index contributed by atoms with van der Waals surface area (Å²) < 4.78 is 0. The minimum absolute atomic E-state index is 0.278. The molecule has 2 nitrogen and oxygen atoms in total. The molecule has 0 aromatic carbocycles. The second kappa shape index (κ2) is 9.68. The van der Waals surface area contributed by atoms with Crippen LogP contribution in [0.5, 0.6) is 0 Å². The second-order valence-electron chi connectivity index (χ2n) is 4.49. The lowest BCUT2D eigenvalue weighted by atomic mass is 9.94. The number of amides is 1. The van der Waals surface area contributed by atoms with Gasteiger partial charge in [0.2, 0.25) is 5.91 Å². The summed E-state index contributed by atoms with van der Waals surface area (Å²) >= 11 is 0. The quantitative estimate of drug-likeness (QED) is 0.586. The normalized spacial score (nSPS) is 10.8. The third-order valence-corrected chi connectivity index (χ3v) is 3.24. The lowest BCUT2D eigenvalue weighted by molar-refractivity contribution is -0.135. The molecule has 96 valence electrons. The van der Waals surface area contributed by atoms with Crippen molar-refractivity contribution in [3.05, 3.63) is 0 Å². The summed E-state index contributed by atoms with van der Waals surface area (Å²) in [6.45, 7) is 10.2. The minimum Gasteiger partial charge on any atom is -0.343 e. The van der Waals surface area contributed by atoms with Crippen LogP contribution in [0.2, 0.25) is 0 Å². The monoisotopic (exact) mass is 227 g/mol. The Bertz CT molecular complexity index is 168. The molecule has 0 atom stereocenters. The number of hydrogen-bond donors (Lipinski definition) is 0. The van der Waals surface area contributed by atoms with E-state index >= 15 is 0 Å². The summed E-state index contributed by atoms with van der Waals surface area (Å²) in [5, 5.41) is 0. The summed E-state index contributed by atoms with van der Waals surface area (Å²) in [7, 11) is 0. The molecule has 1 amide bonds. The zero-order valence-corrected chi connectivity index (χ0v) is 11.6. The van der Waals surface area contributed by atoms with E-state index in [2.05, 4.69) is 27.7 Å². The maximum Gasteiger partial charge on any atom is 0.225 e. The van der Waals surface area contributed by atoms with Crippen LogP contribution >= 0.6 is 0 Å². The van der Waals surface area contributed by atoms with Crippen molar-refractivity contribution in [1.29, 1.82) is 0 Å². The smallest absolute Gasteiger partial charge is 0.225 e. The first-order valence-electron chi connectivity index (χ1n) is 6.99. The van der Waals surface area contributed by atoms with Crippen molar-refractivity contribution in [2.45, 2.75) is 66.2 Å². The van der Waals surface area contributed by atoms with Gasteiger partial charge in [0.1, 0.15) is 0 Å². The molecular formula is C14H29NO. The van der Waals surface area contributed by atoms with Gasteiger partial charge in [-0.05, 0) is 26.7 Å². The van der Waals surface area contributed by atoms with E-state index < -0.39 is 0 Å². The van der Waals surface area contributed by atoms with E-state index in [9.17, 15) is 4.79 Å². The Morgan fingerprint density at radius 1 is 0.938 bits per heavy atom. The van der Waals surface area contributed by atoms with Gasteiger partial charge in [-0.2, -0.15) is 0 Å². The lowest BCUT2D eigenvalue weighted by Crippen LogP contribution is -2.36. The molecule has 0 saturated carbocycles. The lowest BCUT2D eigenvalue weighted by Gasteiger charge is -2.25. The maximum atomic E-state index is 12.2. The number of hydrogen-bond acceptors (Lipinski definition) is 1. The summed E-state index contributed by atoms with van der Waals surface area (Å²) in [6.07, 6.45) is 6.89. The maximum absolute atomic E-state index is 12.2. The molecule has 0 saturated heterocycles. The molecule has 0 aliphatic rings. The summed E-state index contributed by atoms with van der Waals surface area (Å²) in [6, 6.07) is 0. The predicted molar refractivity (Wildman–Crippen MR) is 70.5 cm³/mol. The Morgan fingerprint density at radius 3 is 1.69 bits per heavy atom. The van der Waals surface area contributed by atoms with Crippen LogP contribution in [0.25, 0.3) is 0 Å². The number of nitrogens with zero attached hydrogens (tertiary/aromatic N) is 1. The van der Waals surface area contributed by atoms with Crippen molar-refractivity contribution < 1.29 is 4.79 Å². The Labute approximate surface area is 101 Å². The van der Waals surface area contributed by atoms with Gasteiger partial charge in [-0.1, -0.05) is 39.5 Å². The molecule has 0 fully saturated rings. The van der Waals surface area contributed by atoms with Crippen LogP contribution in [0.1, 0.15) is 66.2 Å². The molecule has 0 aliphatic heterocycles. The van der Waals surface area contributed by atoms with Crippen molar-refractivity contribution in [1.82, 2.24) is 4.90 Å². The highest BCUT2D eigenvalue weighted by Crippen LogP contribution is 2.18. The summed E-state index contributed by atoms with van der Waals surface area (Å²) in [5.74, 6) is 0.659. The van der Waals surface area contributed by atoms with Gasteiger partial charge in [-0.15, -0.1) is 0 Å². The average molecular weight is 227 g/mol. The van der Waals surface area contributed by atoms with Crippen molar-refractivity contribution in [2.24, 2.45) is 5.92 Å².